The van der Waals surface area contributed by atoms with E-state index in [9.17, 15) is 4.39 Å². The number of fused-ring (bicyclic) bond motifs is 7. The minimum atomic E-state index is -0.367. The summed E-state index contributed by atoms with van der Waals surface area (Å²) in [5, 5.41) is 3.28. The molecular weight excluding hydrogens is 451 g/mol. The summed E-state index contributed by atoms with van der Waals surface area (Å²) in [5.74, 6) is 2.36. The Balaban J connectivity index is 1.68. The predicted molar refractivity (Wildman–Crippen MR) is 137 cm³/mol. The van der Waals surface area contributed by atoms with Gasteiger partial charge < -0.3 is 14.8 Å². The summed E-state index contributed by atoms with van der Waals surface area (Å²) in [6.45, 7) is 2.65. The lowest BCUT2D eigenvalue weighted by Crippen LogP contribution is -2.18. The zero-order chi connectivity index (χ0) is 23.8. The summed E-state index contributed by atoms with van der Waals surface area (Å²) in [6, 6.07) is 12.4. The molecule has 2 heterocycles. The van der Waals surface area contributed by atoms with Crippen molar-refractivity contribution in [3.63, 3.8) is 0 Å². The number of anilines is 2. The van der Waals surface area contributed by atoms with Gasteiger partial charge in [0.25, 0.3) is 0 Å². The molecule has 1 aromatic heterocycles. The van der Waals surface area contributed by atoms with Crippen molar-refractivity contribution in [2.45, 2.75) is 13.0 Å². The molecule has 0 unspecified atom stereocenters. The number of nitrogens with zero attached hydrogens (tertiary/aromatic N) is 3. The lowest BCUT2D eigenvalue weighted by Gasteiger charge is -2.19. The van der Waals surface area contributed by atoms with Crippen molar-refractivity contribution in [2.75, 3.05) is 44.1 Å². The Morgan fingerprint density at radius 3 is 2.97 bits per heavy atom. The van der Waals surface area contributed by atoms with E-state index in [0.717, 1.165) is 42.3 Å². The van der Waals surface area contributed by atoms with Crippen LogP contribution in [0.15, 0.2) is 60.8 Å². The van der Waals surface area contributed by atoms with Crippen LogP contribution < -0.4 is 14.8 Å². The van der Waals surface area contributed by atoms with Crippen molar-refractivity contribution in [2.24, 2.45) is 0 Å². The van der Waals surface area contributed by atoms with Crippen LogP contribution in [0.4, 0.5) is 16.0 Å². The first-order chi connectivity index (χ1) is 16.6. The van der Waals surface area contributed by atoms with Crippen LogP contribution in [0.5, 0.6) is 11.5 Å². The Morgan fingerprint density at radius 1 is 1.18 bits per heavy atom. The molecule has 0 saturated heterocycles. The highest BCUT2D eigenvalue weighted by Gasteiger charge is 2.11. The Labute approximate surface area is 204 Å². The molecule has 0 radical (unpaired) electrons. The van der Waals surface area contributed by atoms with Gasteiger partial charge in [-0.15, -0.1) is 0 Å². The van der Waals surface area contributed by atoms with Gasteiger partial charge in [0, 0.05) is 47.9 Å². The molecule has 178 valence electrons. The van der Waals surface area contributed by atoms with Crippen LogP contribution in [-0.4, -0.2) is 53.7 Å². The van der Waals surface area contributed by atoms with Gasteiger partial charge >= 0.3 is 0 Å². The molecule has 0 fully saturated rings. The number of likely N-dealkylation sites (N-methyl/N-ethyl adjacent to an activating group) is 1. The second-order valence-corrected chi connectivity index (χ2v) is 9.02. The normalized spacial score (nSPS) is 15.4. The molecule has 0 aliphatic carbocycles. The molecule has 0 saturated carbocycles. The Morgan fingerprint density at radius 2 is 2.09 bits per heavy atom. The molecule has 1 N–H and O–H groups in total. The summed E-state index contributed by atoms with van der Waals surface area (Å²) >= 11 is 1.76. The number of hydrogen-bond acceptors (Lipinski definition) is 7. The highest BCUT2D eigenvalue weighted by molar-refractivity contribution is 7.98. The quantitative estimate of drug-likeness (QED) is 0.389. The number of rotatable bonds is 4. The molecular formula is C26H29FN4O2S. The first kappa shape index (κ1) is 24.0. The number of benzene rings is 2. The Hall–Kier alpha value is -3.10. The molecule has 1 aliphatic rings. The van der Waals surface area contributed by atoms with Crippen molar-refractivity contribution >= 4 is 23.4 Å². The van der Waals surface area contributed by atoms with Crippen LogP contribution in [-0.2, 0) is 6.54 Å². The number of halogens is 1. The van der Waals surface area contributed by atoms with Crippen molar-refractivity contribution in [1.82, 2.24) is 14.9 Å². The fourth-order valence-corrected chi connectivity index (χ4v) is 3.88. The summed E-state index contributed by atoms with van der Waals surface area (Å²) in [7, 11) is 2.08. The number of nitrogens with one attached hydrogen (secondary N) is 1. The van der Waals surface area contributed by atoms with E-state index in [4.69, 9.17) is 9.47 Å². The largest absolute Gasteiger partial charge is 0.493 e. The van der Waals surface area contributed by atoms with E-state index in [1.54, 1.807) is 30.1 Å². The van der Waals surface area contributed by atoms with Crippen molar-refractivity contribution in [1.29, 1.82) is 0 Å². The van der Waals surface area contributed by atoms with E-state index in [0.29, 0.717) is 36.2 Å². The van der Waals surface area contributed by atoms with Crippen LogP contribution >= 0.6 is 11.8 Å². The highest BCUT2D eigenvalue weighted by Crippen LogP contribution is 2.28. The molecule has 1 aliphatic heterocycles. The first-order valence-electron chi connectivity index (χ1n) is 11.2. The SMILES string of the molecule is CSCCOc1ccc2cc1CN(C)C/C=C\CCOc1cc(F)cc(c1)-c1ccnc(n1)N2. The second kappa shape index (κ2) is 11.9. The van der Waals surface area contributed by atoms with Crippen LogP contribution in [0.3, 0.4) is 0 Å². The molecule has 0 atom stereocenters. The molecule has 6 nitrogen and oxygen atoms in total. The summed E-state index contributed by atoms with van der Waals surface area (Å²) in [6.07, 6.45) is 8.68. The van der Waals surface area contributed by atoms with Gasteiger partial charge in [0.2, 0.25) is 5.95 Å². The van der Waals surface area contributed by atoms with Crippen LogP contribution in [0.2, 0.25) is 0 Å². The fraction of sp³-hybridized carbons (Fsp3) is 0.308. The molecule has 0 spiro atoms. The third-order valence-electron chi connectivity index (χ3n) is 5.26. The van der Waals surface area contributed by atoms with Crippen molar-refractivity contribution < 1.29 is 13.9 Å². The maximum atomic E-state index is 14.3. The minimum Gasteiger partial charge on any atom is -0.493 e. The van der Waals surface area contributed by atoms with Crippen molar-refractivity contribution in [3.05, 3.63) is 72.2 Å². The lowest BCUT2D eigenvalue weighted by atomic mass is 10.1. The highest BCUT2D eigenvalue weighted by atomic mass is 32.2. The second-order valence-electron chi connectivity index (χ2n) is 8.04. The number of aromatic nitrogens is 2. The van der Waals surface area contributed by atoms with Gasteiger partial charge in [-0.3, -0.25) is 4.90 Å². The van der Waals surface area contributed by atoms with E-state index in [-0.39, 0.29) is 5.82 Å². The van der Waals surface area contributed by atoms with E-state index >= 15 is 0 Å². The van der Waals surface area contributed by atoms with E-state index < -0.39 is 0 Å². The van der Waals surface area contributed by atoms with E-state index in [1.807, 2.05) is 12.1 Å². The average Bonchev–Trinajstić information content (AvgIpc) is 2.82. The number of ether oxygens (including phenoxy) is 2. The molecule has 4 rings (SSSR count). The summed E-state index contributed by atoms with van der Waals surface area (Å²) < 4.78 is 26.1. The van der Waals surface area contributed by atoms with Gasteiger partial charge in [0.1, 0.15) is 17.3 Å². The van der Waals surface area contributed by atoms with E-state index in [2.05, 4.69) is 51.7 Å². The van der Waals surface area contributed by atoms with Gasteiger partial charge in [-0.2, -0.15) is 11.8 Å². The Bertz CT molecular complexity index is 1140. The van der Waals surface area contributed by atoms with Gasteiger partial charge in [-0.05, 0) is 56.1 Å². The van der Waals surface area contributed by atoms with Gasteiger partial charge in [-0.1, -0.05) is 12.2 Å². The maximum Gasteiger partial charge on any atom is 0.227 e. The molecule has 8 heteroatoms. The summed E-state index contributed by atoms with van der Waals surface area (Å²) in [4.78, 5) is 11.2. The average molecular weight is 481 g/mol. The van der Waals surface area contributed by atoms with Crippen molar-refractivity contribution in [3.8, 4) is 22.8 Å². The number of thioether (sulfide) groups is 1. The maximum absolute atomic E-state index is 14.3. The smallest absolute Gasteiger partial charge is 0.227 e. The van der Waals surface area contributed by atoms with Crippen LogP contribution in [0.1, 0.15) is 12.0 Å². The standard InChI is InChI=1S/C26H29FN4O2S/c1-31-10-4-3-5-11-32-23-16-19(14-21(27)17-23)24-8-9-28-26(30-24)29-22-6-7-25(20(15-22)18-31)33-12-13-34-2/h3-4,6-9,14-17H,5,10-13,18H2,1-2H3,(H,28,29,30)/b4-3-. The third kappa shape index (κ3) is 6.71. The first-order valence-corrected chi connectivity index (χ1v) is 12.6. The predicted octanol–water partition coefficient (Wildman–Crippen LogP) is 5.54. The fourth-order valence-electron chi connectivity index (χ4n) is 3.63. The Kier molecular flexibility index (Phi) is 8.38. The van der Waals surface area contributed by atoms with Gasteiger partial charge in [0.15, 0.2) is 0 Å². The molecule has 0 amide bonds. The van der Waals surface area contributed by atoms with Gasteiger partial charge in [-0.25, -0.2) is 14.4 Å². The lowest BCUT2D eigenvalue weighted by molar-refractivity contribution is 0.318. The third-order valence-corrected chi connectivity index (χ3v) is 5.84. The zero-order valence-electron chi connectivity index (χ0n) is 19.5. The number of hydrogen-bond donors (Lipinski definition) is 1. The van der Waals surface area contributed by atoms with E-state index in [1.165, 1.54) is 12.1 Å². The topological polar surface area (TPSA) is 59.5 Å². The molecule has 2 aromatic carbocycles. The molecule has 6 bridgehead atoms. The molecule has 3 aromatic rings. The van der Waals surface area contributed by atoms with Crippen LogP contribution in [0, 0.1) is 5.82 Å². The molecule has 34 heavy (non-hydrogen) atoms. The van der Waals surface area contributed by atoms with Gasteiger partial charge in [0.05, 0.1) is 18.9 Å². The van der Waals surface area contributed by atoms with Crippen LogP contribution in [0.25, 0.3) is 11.3 Å². The minimum absolute atomic E-state index is 0.367. The monoisotopic (exact) mass is 480 g/mol. The summed E-state index contributed by atoms with van der Waals surface area (Å²) in [5.41, 5.74) is 3.19. The zero-order valence-corrected chi connectivity index (χ0v) is 20.3.